The predicted molar refractivity (Wildman–Crippen MR) is 143 cm³/mol. The van der Waals surface area contributed by atoms with Gasteiger partial charge in [0.25, 0.3) is 5.56 Å². The number of nitriles is 1. The van der Waals surface area contributed by atoms with Crippen molar-refractivity contribution in [2.24, 2.45) is 33.1 Å². The number of nitrogens with zero attached hydrogens (tertiary/aromatic N) is 5. The molecule has 192 valence electrons. The van der Waals surface area contributed by atoms with Crippen molar-refractivity contribution in [1.82, 2.24) is 14.9 Å². The van der Waals surface area contributed by atoms with Gasteiger partial charge in [-0.25, -0.2) is 9.98 Å². The van der Waals surface area contributed by atoms with E-state index in [1.807, 2.05) is 6.92 Å². The number of aromatic nitrogens is 2. The Morgan fingerprint density at radius 1 is 1.32 bits per heavy atom. The minimum atomic E-state index is -0.885. The van der Waals surface area contributed by atoms with Crippen molar-refractivity contribution in [3.63, 3.8) is 0 Å². The molecule has 1 aromatic heterocycles. The second kappa shape index (κ2) is 10.7. The maximum atomic E-state index is 14.0. The summed E-state index contributed by atoms with van der Waals surface area (Å²) in [7, 11) is 0. The predicted octanol–water partition coefficient (Wildman–Crippen LogP) is 2.20. The first-order valence-corrected chi connectivity index (χ1v) is 12.3. The van der Waals surface area contributed by atoms with Gasteiger partial charge in [0, 0.05) is 12.0 Å². The van der Waals surface area contributed by atoms with Gasteiger partial charge in [0.1, 0.15) is 23.7 Å². The smallest absolute Gasteiger partial charge is 0.263 e. The Bertz CT molecular complexity index is 1490. The van der Waals surface area contributed by atoms with E-state index in [1.165, 1.54) is 10.6 Å². The van der Waals surface area contributed by atoms with Crippen LogP contribution in [0.4, 0.5) is 0 Å². The lowest BCUT2D eigenvalue weighted by molar-refractivity contribution is -0.114. The Morgan fingerprint density at radius 2 is 2.05 bits per heavy atom. The zero-order chi connectivity index (χ0) is 26.9. The third-order valence-electron chi connectivity index (χ3n) is 6.24. The Balaban J connectivity index is 1.92. The lowest BCUT2D eigenvalue weighted by Gasteiger charge is -2.31. The van der Waals surface area contributed by atoms with Gasteiger partial charge in [-0.3, -0.25) is 19.5 Å². The number of aliphatic imine (C=N–C) groups is 2. The molecule has 13 heteroatoms. The number of allylic oxidation sites excluding steroid dienone is 3. The van der Waals surface area contributed by atoms with Crippen LogP contribution in [0.15, 0.2) is 50.7 Å². The molecular weight excluding hydrogens is 517 g/mol. The zero-order valence-corrected chi connectivity index (χ0v) is 21.4. The molecule has 0 spiro atoms. The first-order chi connectivity index (χ1) is 17.7. The number of benzene rings is 1. The standard InChI is InChI=1S/C24H25Cl2N9O2/c1-2-4-16(31-21-13(10-27)19(28)33-24(30)34-21)22-32-18-15(26)8-7-14(25)17(18)23(37)35(22)12-6-3-5-11(9-12)20(29)36/h3,5-8,12-13,16,21,31H,2,4,9H2,1H3,(H2,29,36)(H4,28,30,33,34)/t12?,13?,16-,21?/m0/s1. The Hall–Kier alpha value is -3.72. The number of hydrogen-bond donors (Lipinski definition) is 4. The van der Waals surface area contributed by atoms with Crippen LogP contribution in [-0.2, 0) is 4.79 Å². The summed E-state index contributed by atoms with van der Waals surface area (Å²) in [4.78, 5) is 38.9. The minimum Gasteiger partial charge on any atom is -0.386 e. The molecule has 0 saturated carbocycles. The molecule has 4 rings (SSSR count). The van der Waals surface area contributed by atoms with E-state index in [9.17, 15) is 14.9 Å². The van der Waals surface area contributed by atoms with Crippen LogP contribution in [0.3, 0.4) is 0 Å². The average molecular weight is 542 g/mol. The number of primary amides is 1. The molecule has 1 aliphatic heterocycles. The molecule has 2 heterocycles. The van der Waals surface area contributed by atoms with Crippen LogP contribution in [0.2, 0.25) is 10.0 Å². The third kappa shape index (κ3) is 5.09. The molecule has 1 amide bonds. The molecule has 0 saturated heterocycles. The summed E-state index contributed by atoms with van der Waals surface area (Å²) in [6.07, 6.45) is 5.61. The van der Waals surface area contributed by atoms with Gasteiger partial charge in [-0.1, -0.05) is 54.8 Å². The van der Waals surface area contributed by atoms with Gasteiger partial charge >= 0.3 is 0 Å². The molecule has 0 bridgehead atoms. The Labute approximate surface area is 222 Å². The Kier molecular flexibility index (Phi) is 7.63. The quantitative estimate of drug-likeness (QED) is 0.412. The fourth-order valence-corrected chi connectivity index (χ4v) is 4.93. The number of halogens is 2. The first kappa shape index (κ1) is 26.3. The van der Waals surface area contributed by atoms with E-state index in [0.717, 1.165) is 0 Å². The van der Waals surface area contributed by atoms with Crippen molar-refractivity contribution >= 4 is 51.8 Å². The average Bonchev–Trinajstić information content (AvgIpc) is 2.85. The molecule has 3 unspecified atom stereocenters. The highest BCUT2D eigenvalue weighted by Crippen LogP contribution is 2.32. The van der Waals surface area contributed by atoms with Crippen molar-refractivity contribution in [2.75, 3.05) is 0 Å². The fraction of sp³-hybridized carbons (Fsp3) is 0.333. The van der Waals surface area contributed by atoms with Gasteiger partial charge in [0.2, 0.25) is 11.9 Å². The highest BCUT2D eigenvalue weighted by atomic mass is 35.5. The number of rotatable bonds is 7. The van der Waals surface area contributed by atoms with Crippen LogP contribution < -0.4 is 28.1 Å². The molecule has 1 aromatic carbocycles. The number of nitrogens with one attached hydrogen (secondary N) is 1. The highest BCUT2D eigenvalue weighted by Gasteiger charge is 2.33. The number of amidine groups is 1. The van der Waals surface area contributed by atoms with Crippen molar-refractivity contribution in [1.29, 1.82) is 5.26 Å². The summed E-state index contributed by atoms with van der Waals surface area (Å²) in [5.41, 5.74) is 17.5. The third-order valence-corrected chi connectivity index (χ3v) is 6.86. The topological polar surface area (TPSA) is 191 Å². The van der Waals surface area contributed by atoms with Crippen LogP contribution in [0.1, 0.15) is 44.1 Å². The number of amides is 1. The van der Waals surface area contributed by atoms with Crippen LogP contribution in [-0.4, -0.2) is 33.4 Å². The van der Waals surface area contributed by atoms with Crippen molar-refractivity contribution < 1.29 is 4.79 Å². The highest BCUT2D eigenvalue weighted by molar-refractivity contribution is 6.39. The van der Waals surface area contributed by atoms with E-state index in [0.29, 0.717) is 24.2 Å². The normalized spacial score (nSPS) is 22.1. The molecule has 4 atom stereocenters. The van der Waals surface area contributed by atoms with E-state index < -0.39 is 35.6 Å². The maximum absolute atomic E-state index is 14.0. The van der Waals surface area contributed by atoms with E-state index in [2.05, 4.69) is 21.4 Å². The summed E-state index contributed by atoms with van der Waals surface area (Å²) >= 11 is 12.9. The van der Waals surface area contributed by atoms with Crippen LogP contribution in [0, 0.1) is 17.2 Å². The molecule has 0 fully saturated rings. The molecular formula is C24H25Cl2N9O2. The second-order valence-corrected chi connectivity index (χ2v) is 9.51. The van der Waals surface area contributed by atoms with Gasteiger partial charge in [-0.15, -0.1) is 0 Å². The number of hydrogen-bond acceptors (Lipinski definition) is 9. The number of fused-ring (bicyclic) bond motifs is 1. The number of guanidine groups is 1. The van der Waals surface area contributed by atoms with Crippen LogP contribution >= 0.6 is 23.2 Å². The lowest BCUT2D eigenvalue weighted by Crippen LogP contribution is -2.48. The van der Waals surface area contributed by atoms with Gasteiger partial charge < -0.3 is 17.2 Å². The molecule has 2 aliphatic rings. The molecule has 11 nitrogen and oxygen atoms in total. The monoisotopic (exact) mass is 541 g/mol. The van der Waals surface area contributed by atoms with Crippen molar-refractivity contribution in [3.05, 3.63) is 62.2 Å². The van der Waals surface area contributed by atoms with Gasteiger partial charge in [-0.2, -0.15) is 10.3 Å². The lowest BCUT2D eigenvalue weighted by atomic mass is 9.98. The van der Waals surface area contributed by atoms with E-state index in [1.54, 1.807) is 24.3 Å². The molecule has 1 aliphatic carbocycles. The first-order valence-electron chi connectivity index (χ1n) is 11.6. The summed E-state index contributed by atoms with van der Waals surface area (Å²) in [5.74, 6) is -1.17. The van der Waals surface area contributed by atoms with Crippen molar-refractivity contribution in [2.45, 2.75) is 44.4 Å². The zero-order valence-electron chi connectivity index (χ0n) is 19.9. The summed E-state index contributed by atoms with van der Waals surface area (Å²) in [6.45, 7) is 1.96. The second-order valence-electron chi connectivity index (χ2n) is 8.69. The van der Waals surface area contributed by atoms with E-state index in [-0.39, 0.29) is 39.2 Å². The maximum Gasteiger partial charge on any atom is 0.263 e. The molecule has 2 aromatic rings. The van der Waals surface area contributed by atoms with E-state index >= 15 is 0 Å². The number of nitrogens with two attached hydrogens (primary N) is 3. The van der Waals surface area contributed by atoms with Crippen molar-refractivity contribution in [3.8, 4) is 6.07 Å². The minimum absolute atomic E-state index is 0.0351. The van der Waals surface area contributed by atoms with Crippen LogP contribution in [0.5, 0.6) is 0 Å². The SMILES string of the molecule is CCC[C@H](NC1N=C(N)N=C(N)C1C#N)c1nc2c(Cl)ccc(Cl)c2c(=O)n1C1C=CC=C(C(N)=O)C1. The summed E-state index contributed by atoms with van der Waals surface area (Å²) < 4.78 is 1.49. The number of carbonyl (C=O) groups is 1. The van der Waals surface area contributed by atoms with Gasteiger partial charge in [-0.05, 0) is 18.6 Å². The summed E-state index contributed by atoms with van der Waals surface area (Å²) in [6, 6.07) is 4.03. The van der Waals surface area contributed by atoms with Crippen LogP contribution in [0.25, 0.3) is 10.9 Å². The largest absolute Gasteiger partial charge is 0.386 e. The molecule has 0 radical (unpaired) electrons. The number of carbonyl (C=O) groups excluding carboxylic acids is 1. The Morgan fingerprint density at radius 3 is 2.73 bits per heavy atom. The van der Waals surface area contributed by atoms with Gasteiger partial charge in [0.05, 0.1) is 39.1 Å². The van der Waals surface area contributed by atoms with Gasteiger partial charge in [0.15, 0.2) is 0 Å². The van der Waals surface area contributed by atoms with E-state index in [4.69, 9.17) is 45.4 Å². The fourth-order valence-electron chi connectivity index (χ4n) is 4.50. The molecule has 7 N–H and O–H groups in total. The summed E-state index contributed by atoms with van der Waals surface area (Å²) in [5, 5.41) is 13.6. The molecule has 37 heavy (non-hydrogen) atoms.